The number of hydrogen-bond donors (Lipinski definition) is 0. The van der Waals surface area contributed by atoms with Crippen LogP contribution in [0, 0.1) is 0 Å². The van der Waals surface area contributed by atoms with E-state index in [1.165, 1.54) is 25.7 Å². The SMILES string of the molecule is [B]N1CCCC1CCCc1ccco1. The van der Waals surface area contributed by atoms with E-state index in [4.69, 9.17) is 12.4 Å². The minimum atomic E-state index is 0.602. The van der Waals surface area contributed by atoms with E-state index in [1.54, 1.807) is 6.26 Å². The lowest BCUT2D eigenvalue weighted by molar-refractivity contribution is 0.382. The molecule has 1 aliphatic rings. The fraction of sp³-hybridized carbons (Fsp3) is 0.636. The number of furan rings is 1. The minimum Gasteiger partial charge on any atom is -0.469 e. The van der Waals surface area contributed by atoms with Crippen molar-refractivity contribution in [3.8, 4) is 0 Å². The molecule has 1 aliphatic heterocycles. The Kier molecular flexibility index (Phi) is 3.30. The molecular weight excluding hydrogens is 173 g/mol. The van der Waals surface area contributed by atoms with Crippen LogP contribution < -0.4 is 0 Å². The monoisotopic (exact) mass is 189 g/mol. The molecule has 0 spiro atoms. The Morgan fingerprint density at radius 2 is 2.50 bits per heavy atom. The van der Waals surface area contributed by atoms with E-state index in [1.807, 2.05) is 16.9 Å². The molecule has 0 saturated carbocycles. The molecule has 0 aromatic carbocycles. The second kappa shape index (κ2) is 4.69. The molecule has 0 aliphatic carbocycles. The Hall–Kier alpha value is -0.695. The quantitative estimate of drug-likeness (QED) is 0.674. The zero-order valence-corrected chi connectivity index (χ0v) is 8.48. The van der Waals surface area contributed by atoms with Crippen LogP contribution in [0.4, 0.5) is 0 Å². The molecule has 2 radical (unpaired) electrons. The average Bonchev–Trinajstić information content (AvgIpc) is 2.78. The molecule has 0 amide bonds. The summed E-state index contributed by atoms with van der Waals surface area (Å²) in [5.41, 5.74) is 0. The summed E-state index contributed by atoms with van der Waals surface area (Å²) in [5, 5.41) is 0. The van der Waals surface area contributed by atoms with Crippen molar-refractivity contribution in [2.24, 2.45) is 0 Å². The van der Waals surface area contributed by atoms with Crippen LogP contribution in [-0.2, 0) is 6.42 Å². The molecule has 0 bridgehead atoms. The predicted octanol–water partition coefficient (Wildman–Crippen LogP) is 2.15. The molecule has 2 nitrogen and oxygen atoms in total. The van der Waals surface area contributed by atoms with Crippen LogP contribution in [0.25, 0.3) is 0 Å². The highest BCUT2D eigenvalue weighted by molar-refractivity contribution is 6.04. The fourth-order valence-corrected chi connectivity index (χ4v) is 2.13. The third-order valence-corrected chi connectivity index (χ3v) is 2.96. The first kappa shape index (κ1) is 9.84. The van der Waals surface area contributed by atoms with Gasteiger partial charge in [0.25, 0.3) is 0 Å². The van der Waals surface area contributed by atoms with E-state index in [9.17, 15) is 0 Å². The van der Waals surface area contributed by atoms with Crippen LogP contribution in [0.5, 0.6) is 0 Å². The topological polar surface area (TPSA) is 16.4 Å². The fourth-order valence-electron chi connectivity index (χ4n) is 2.13. The van der Waals surface area contributed by atoms with Gasteiger partial charge in [0.1, 0.15) is 5.76 Å². The van der Waals surface area contributed by atoms with Crippen molar-refractivity contribution >= 4 is 7.98 Å². The molecule has 1 fully saturated rings. The third-order valence-electron chi connectivity index (χ3n) is 2.96. The summed E-state index contributed by atoms with van der Waals surface area (Å²) < 4.78 is 5.28. The van der Waals surface area contributed by atoms with E-state index < -0.39 is 0 Å². The maximum absolute atomic E-state index is 5.85. The van der Waals surface area contributed by atoms with Gasteiger partial charge in [-0.25, -0.2) is 0 Å². The lowest BCUT2D eigenvalue weighted by Crippen LogP contribution is -2.26. The van der Waals surface area contributed by atoms with Crippen LogP contribution in [0.2, 0.25) is 0 Å². The summed E-state index contributed by atoms with van der Waals surface area (Å²) >= 11 is 0. The summed E-state index contributed by atoms with van der Waals surface area (Å²) in [5.74, 6) is 1.09. The van der Waals surface area contributed by atoms with Gasteiger partial charge in [0.15, 0.2) is 7.98 Å². The minimum absolute atomic E-state index is 0.602. The Labute approximate surface area is 86.7 Å². The zero-order chi connectivity index (χ0) is 9.80. The Bertz CT molecular complexity index is 260. The van der Waals surface area contributed by atoms with Crippen LogP contribution in [-0.4, -0.2) is 25.4 Å². The van der Waals surface area contributed by atoms with Crippen LogP contribution in [0.15, 0.2) is 22.8 Å². The highest BCUT2D eigenvalue weighted by Gasteiger charge is 2.19. The number of nitrogens with zero attached hydrogens (tertiary/aromatic N) is 1. The predicted molar refractivity (Wildman–Crippen MR) is 57.1 cm³/mol. The van der Waals surface area contributed by atoms with Crippen molar-refractivity contribution in [3.63, 3.8) is 0 Å². The number of aryl methyl sites for hydroxylation is 1. The number of hydrogen-bond acceptors (Lipinski definition) is 2. The Morgan fingerprint density at radius 3 is 3.14 bits per heavy atom. The van der Waals surface area contributed by atoms with Gasteiger partial charge in [0, 0.05) is 6.42 Å². The van der Waals surface area contributed by atoms with Crippen LogP contribution in [0.1, 0.15) is 31.4 Å². The maximum Gasteiger partial charge on any atom is 0.182 e. The molecule has 1 aromatic heterocycles. The smallest absolute Gasteiger partial charge is 0.182 e. The van der Waals surface area contributed by atoms with Gasteiger partial charge in [0.05, 0.1) is 6.26 Å². The van der Waals surface area contributed by atoms with Gasteiger partial charge in [-0.1, -0.05) is 0 Å². The summed E-state index contributed by atoms with van der Waals surface area (Å²) in [6, 6.07) is 4.58. The Morgan fingerprint density at radius 1 is 1.57 bits per heavy atom. The lowest BCUT2D eigenvalue weighted by atomic mass is 10.0. The molecule has 1 unspecified atom stereocenters. The van der Waals surface area contributed by atoms with E-state index in [-0.39, 0.29) is 0 Å². The summed E-state index contributed by atoms with van der Waals surface area (Å²) in [6.45, 7) is 1.06. The first-order valence-corrected chi connectivity index (χ1v) is 5.40. The van der Waals surface area contributed by atoms with Gasteiger partial charge in [-0.05, 0) is 50.4 Å². The van der Waals surface area contributed by atoms with E-state index >= 15 is 0 Å². The molecular formula is C11H16BNO. The van der Waals surface area contributed by atoms with Gasteiger partial charge >= 0.3 is 0 Å². The molecule has 0 N–H and O–H groups in total. The summed E-state index contributed by atoms with van der Waals surface area (Å²) in [4.78, 5) is 1.99. The first-order valence-electron chi connectivity index (χ1n) is 5.40. The second-order valence-electron chi connectivity index (χ2n) is 4.01. The van der Waals surface area contributed by atoms with Crippen molar-refractivity contribution in [1.82, 2.24) is 4.81 Å². The van der Waals surface area contributed by atoms with Gasteiger partial charge in [-0.15, -0.1) is 0 Å². The van der Waals surface area contributed by atoms with Crippen molar-refractivity contribution in [1.29, 1.82) is 0 Å². The molecule has 1 saturated heterocycles. The average molecular weight is 189 g/mol. The summed E-state index contributed by atoms with van der Waals surface area (Å²) in [6.07, 6.45) is 7.65. The van der Waals surface area contributed by atoms with Crippen molar-refractivity contribution < 1.29 is 4.42 Å². The molecule has 74 valence electrons. The molecule has 2 heterocycles. The second-order valence-corrected chi connectivity index (χ2v) is 4.01. The van der Waals surface area contributed by atoms with Gasteiger partial charge in [-0.3, -0.25) is 0 Å². The van der Waals surface area contributed by atoms with E-state index in [0.717, 1.165) is 18.7 Å². The van der Waals surface area contributed by atoms with Crippen molar-refractivity contribution in [2.75, 3.05) is 6.54 Å². The zero-order valence-electron chi connectivity index (χ0n) is 8.48. The van der Waals surface area contributed by atoms with E-state index in [0.29, 0.717) is 6.04 Å². The largest absolute Gasteiger partial charge is 0.469 e. The molecule has 14 heavy (non-hydrogen) atoms. The standard InChI is InChI=1S/C11H16BNO/c12-13-8-2-5-10(13)4-1-6-11-7-3-9-14-11/h3,7,9-10H,1-2,4-6,8H2. The van der Waals surface area contributed by atoms with Crippen molar-refractivity contribution in [3.05, 3.63) is 24.2 Å². The third kappa shape index (κ3) is 2.41. The van der Waals surface area contributed by atoms with Gasteiger partial charge < -0.3 is 9.23 Å². The lowest BCUT2D eigenvalue weighted by Gasteiger charge is -2.19. The Balaban J connectivity index is 1.68. The first-order chi connectivity index (χ1) is 6.86. The summed E-state index contributed by atoms with van der Waals surface area (Å²) in [7, 11) is 5.85. The van der Waals surface area contributed by atoms with Crippen LogP contribution in [0.3, 0.4) is 0 Å². The van der Waals surface area contributed by atoms with Gasteiger partial charge in [-0.2, -0.15) is 0 Å². The highest BCUT2D eigenvalue weighted by Crippen LogP contribution is 2.19. The molecule has 1 aromatic rings. The van der Waals surface area contributed by atoms with Gasteiger partial charge in [0.2, 0.25) is 0 Å². The maximum atomic E-state index is 5.85. The van der Waals surface area contributed by atoms with E-state index in [2.05, 4.69) is 0 Å². The molecule has 2 rings (SSSR count). The highest BCUT2D eigenvalue weighted by atomic mass is 16.3. The number of rotatable bonds is 4. The normalized spacial score (nSPS) is 23.0. The molecule has 3 heteroatoms. The molecule has 1 atom stereocenters. The van der Waals surface area contributed by atoms with Crippen LogP contribution >= 0.6 is 0 Å². The van der Waals surface area contributed by atoms with Crippen molar-refractivity contribution in [2.45, 2.75) is 38.1 Å².